The van der Waals surface area contributed by atoms with Crippen LogP contribution in [0.3, 0.4) is 0 Å². The summed E-state index contributed by atoms with van der Waals surface area (Å²) < 4.78 is 12.6. The molecule has 2 heterocycles. The van der Waals surface area contributed by atoms with Gasteiger partial charge in [0.1, 0.15) is 34.9 Å². The van der Waals surface area contributed by atoms with Crippen molar-refractivity contribution in [3.63, 3.8) is 0 Å². The third kappa shape index (κ3) is 4.11. The van der Waals surface area contributed by atoms with Gasteiger partial charge in [-0.25, -0.2) is 14.5 Å². The van der Waals surface area contributed by atoms with Gasteiger partial charge >= 0.3 is 5.97 Å². The van der Waals surface area contributed by atoms with Crippen molar-refractivity contribution in [2.45, 2.75) is 31.6 Å². The molecule has 0 bridgehead atoms. The second-order valence-corrected chi connectivity index (χ2v) is 8.24. The fourth-order valence-corrected chi connectivity index (χ4v) is 4.50. The largest absolute Gasteiger partial charge is 0.469 e. The predicted octanol–water partition coefficient (Wildman–Crippen LogP) is 4.61. The number of imidazole rings is 1. The molecule has 0 aliphatic heterocycles. The van der Waals surface area contributed by atoms with E-state index in [1.807, 2.05) is 54.6 Å². The first kappa shape index (κ1) is 20.9. The van der Waals surface area contributed by atoms with E-state index in [0.29, 0.717) is 11.3 Å². The maximum absolute atomic E-state index is 11.9. The van der Waals surface area contributed by atoms with E-state index < -0.39 is 0 Å². The van der Waals surface area contributed by atoms with E-state index in [1.54, 1.807) is 4.52 Å². The van der Waals surface area contributed by atoms with E-state index in [9.17, 15) is 4.79 Å². The predicted molar refractivity (Wildman–Crippen MR) is 124 cm³/mol. The number of para-hydroxylation sites is 1. The number of esters is 1. The summed E-state index contributed by atoms with van der Waals surface area (Å²) in [6.45, 7) is 0. The summed E-state index contributed by atoms with van der Waals surface area (Å²) in [6, 6.07) is 17.4. The van der Waals surface area contributed by atoms with Gasteiger partial charge in [-0.3, -0.25) is 4.79 Å². The molecule has 1 aliphatic carbocycles. The van der Waals surface area contributed by atoms with Gasteiger partial charge in [0, 0.05) is 11.5 Å². The summed E-state index contributed by atoms with van der Waals surface area (Å²) >= 11 is 0. The third-order valence-corrected chi connectivity index (χ3v) is 6.22. The van der Waals surface area contributed by atoms with Gasteiger partial charge in [0.25, 0.3) is 0 Å². The number of anilines is 1. The number of aromatic nitrogens is 4. The van der Waals surface area contributed by atoms with Crippen LogP contribution < -0.4 is 10.5 Å². The van der Waals surface area contributed by atoms with Crippen molar-refractivity contribution in [1.29, 1.82) is 0 Å². The molecule has 0 atom stereocenters. The Morgan fingerprint density at radius 2 is 1.70 bits per heavy atom. The van der Waals surface area contributed by atoms with Crippen LogP contribution in [0.25, 0.3) is 16.8 Å². The van der Waals surface area contributed by atoms with E-state index in [4.69, 9.17) is 20.2 Å². The summed E-state index contributed by atoms with van der Waals surface area (Å²) in [5, 5.41) is 4.45. The quantitative estimate of drug-likeness (QED) is 0.449. The zero-order valence-corrected chi connectivity index (χ0v) is 18.3. The lowest BCUT2D eigenvalue weighted by Gasteiger charge is -2.25. The smallest absolute Gasteiger partial charge is 0.308 e. The number of carbonyl (C=O) groups excluding carboxylic acids is 1. The summed E-state index contributed by atoms with van der Waals surface area (Å²) in [7, 11) is 1.44. The first-order valence-electron chi connectivity index (χ1n) is 11.0. The number of ether oxygens (including phenoxy) is 2. The summed E-state index contributed by atoms with van der Waals surface area (Å²) in [5.74, 6) is 2.75. The SMILES string of the molecule is COC(=O)[C@H]1CC[C@H](c2nc(-c3ccc(Oc4ccccc4)cc3)c3c(N)ncnn32)CC1. The minimum absolute atomic E-state index is 0.0474. The minimum Gasteiger partial charge on any atom is -0.469 e. The van der Waals surface area contributed by atoms with Crippen LogP contribution in [0.15, 0.2) is 60.9 Å². The van der Waals surface area contributed by atoms with Gasteiger partial charge in [-0.1, -0.05) is 18.2 Å². The van der Waals surface area contributed by atoms with Crippen LogP contribution in [-0.2, 0) is 9.53 Å². The molecule has 1 saturated carbocycles. The van der Waals surface area contributed by atoms with Gasteiger partial charge in [0.05, 0.1) is 13.0 Å². The van der Waals surface area contributed by atoms with Crippen molar-refractivity contribution in [2.24, 2.45) is 5.92 Å². The Morgan fingerprint density at radius 1 is 1.00 bits per heavy atom. The van der Waals surface area contributed by atoms with Crippen molar-refractivity contribution in [2.75, 3.05) is 12.8 Å². The molecule has 0 saturated heterocycles. The van der Waals surface area contributed by atoms with Crippen LogP contribution in [0.4, 0.5) is 5.82 Å². The third-order valence-electron chi connectivity index (χ3n) is 6.22. The van der Waals surface area contributed by atoms with Crippen molar-refractivity contribution in [1.82, 2.24) is 19.6 Å². The monoisotopic (exact) mass is 443 g/mol. The van der Waals surface area contributed by atoms with Crippen molar-refractivity contribution in [3.05, 3.63) is 66.7 Å². The molecule has 0 amide bonds. The number of nitrogens with two attached hydrogens (primary N) is 1. The second kappa shape index (κ2) is 8.90. The molecule has 0 unspecified atom stereocenters. The molecule has 1 fully saturated rings. The van der Waals surface area contributed by atoms with Crippen LogP contribution in [0.5, 0.6) is 11.5 Å². The highest BCUT2D eigenvalue weighted by molar-refractivity contribution is 5.85. The van der Waals surface area contributed by atoms with Crippen molar-refractivity contribution < 1.29 is 14.3 Å². The Labute approximate surface area is 191 Å². The van der Waals surface area contributed by atoms with Gasteiger partial charge in [0.2, 0.25) is 0 Å². The Hall–Kier alpha value is -3.94. The number of rotatable bonds is 5. The number of nitrogen functional groups attached to an aromatic ring is 1. The lowest BCUT2D eigenvalue weighted by Crippen LogP contribution is -2.23. The molecule has 2 N–H and O–H groups in total. The standard InChI is InChI=1S/C25H25N5O3/c1-32-25(31)18-9-7-17(8-10-18)24-29-21(22-23(26)27-15-28-30(22)24)16-11-13-20(14-12-16)33-19-5-3-2-4-6-19/h2-6,11-15,17-18H,7-10H2,1H3,(H2,26,27,28)/t17-,18-. The molecule has 33 heavy (non-hydrogen) atoms. The fourth-order valence-electron chi connectivity index (χ4n) is 4.50. The number of hydrogen-bond donors (Lipinski definition) is 1. The zero-order valence-electron chi connectivity index (χ0n) is 18.3. The number of fused-ring (bicyclic) bond motifs is 1. The number of carbonyl (C=O) groups is 1. The highest BCUT2D eigenvalue weighted by atomic mass is 16.5. The fraction of sp³-hybridized carbons (Fsp3) is 0.280. The first-order valence-corrected chi connectivity index (χ1v) is 11.0. The van der Waals surface area contributed by atoms with Crippen molar-refractivity contribution in [3.8, 4) is 22.8 Å². The second-order valence-electron chi connectivity index (χ2n) is 8.24. The summed E-state index contributed by atoms with van der Waals surface area (Å²) in [5.41, 5.74) is 8.59. The molecular formula is C25H25N5O3. The van der Waals surface area contributed by atoms with Gasteiger partial charge in [-0.15, -0.1) is 0 Å². The minimum atomic E-state index is -0.133. The van der Waals surface area contributed by atoms with Gasteiger partial charge in [-0.05, 0) is 62.1 Å². The van der Waals surface area contributed by atoms with Crippen LogP contribution in [-0.4, -0.2) is 32.7 Å². The lowest BCUT2D eigenvalue weighted by atomic mass is 9.81. The van der Waals surface area contributed by atoms with Crippen LogP contribution >= 0.6 is 0 Å². The summed E-state index contributed by atoms with van der Waals surface area (Å²) in [6.07, 6.45) is 4.67. The molecule has 0 spiro atoms. The average Bonchev–Trinajstić information content (AvgIpc) is 3.26. The van der Waals surface area contributed by atoms with E-state index >= 15 is 0 Å². The number of nitrogens with zero attached hydrogens (tertiary/aromatic N) is 4. The van der Waals surface area contributed by atoms with Crippen LogP contribution in [0.1, 0.15) is 37.4 Å². The summed E-state index contributed by atoms with van der Waals surface area (Å²) in [4.78, 5) is 21.1. The molecule has 8 heteroatoms. The van der Waals surface area contributed by atoms with Crippen LogP contribution in [0.2, 0.25) is 0 Å². The highest BCUT2D eigenvalue weighted by Gasteiger charge is 2.31. The Morgan fingerprint density at radius 3 is 2.39 bits per heavy atom. The Balaban J connectivity index is 1.45. The van der Waals surface area contributed by atoms with E-state index in [1.165, 1.54) is 13.4 Å². The van der Waals surface area contributed by atoms with E-state index in [-0.39, 0.29) is 17.8 Å². The van der Waals surface area contributed by atoms with Gasteiger partial charge < -0.3 is 15.2 Å². The zero-order chi connectivity index (χ0) is 22.8. The van der Waals surface area contributed by atoms with Gasteiger partial charge in [0.15, 0.2) is 5.82 Å². The molecular weight excluding hydrogens is 418 g/mol. The van der Waals surface area contributed by atoms with Gasteiger partial charge in [-0.2, -0.15) is 5.10 Å². The molecule has 2 aromatic heterocycles. The molecule has 4 aromatic rings. The number of hydrogen-bond acceptors (Lipinski definition) is 7. The highest BCUT2D eigenvalue weighted by Crippen LogP contribution is 2.38. The van der Waals surface area contributed by atoms with Crippen LogP contribution in [0, 0.1) is 5.92 Å². The molecule has 5 rings (SSSR count). The normalized spacial score (nSPS) is 18.2. The number of methoxy groups -OCH3 is 1. The van der Waals surface area contributed by atoms with E-state index in [0.717, 1.165) is 54.3 Å². The Kier molecular flexibility index (Phi) is 5.64. The first-order chi connectivity index (χ1) is 16.1. The molecule has 1 aliphatic rings. The average molecular weight is 444 g/mol. The maximum Gasteiger partial charge on any atom is 0.308 e. The Bertz CT molecular complexity index is 1260. The lowest BCUT2D eigenvalue weighted by molar-refractivity contribution is -0.146. The molecule has 168 valence electrons. The molecule has 2 aromatic carbocycles. The topological polar surface area (TPSA) is 105 Å². The molecule has 0 radical (unpaired) electrons. The van der Waals surface area contributed by atoms with Crippen molar-refractivity contribution >= 4 is 17.3 Å². The van der Waals surface area contributed by atoms with E-state index in [2.05, 4.69) is 10.1 Å². The maximum atomic E-state index is 11.9. The number of benzene rings is 2. The molecule has 8 nitrogen and oxygen atoms in total.